The molecule has 1 fully saturated rings. The van der Waals surface area contributed by atoms with Crippen LogP contribution < -0.4 is 5.32 Å². The van der Waals surface area contributed by atoms with Crippen molar-refractivity contribution in [1.29, 1.82) is 0 Å². The summed E-state index contributed by atoms with van der Waals surface area (Å²) in [6, 6.07) is 14.6. The molecule has 1 aliphatic heterocycles. The van der Waals surface area contributed by atoms with Crippen molar-refractivity contribution in [3.05, 3.63) is 71.3 Å². The minimum Gasteiger partial charge on any atom is -0.355 e. The fraction of sp³-hybridized carbons (Fsp3) is 0.333. The van der Waals surface area contributed by atoms with Crippen LogP contribution in [0.15, 0.2) is 54.6 Å². The van der Waals surface area contributed by atoms with E-state index in [-0.39, 0.29) is 31.3 Å². The van der Waals surface area contributed by atoms with Gasteiger partial charge in [0, 0.05) is 26.1 Å². The molecule has 1 aliphatic rings. The van der Waals surface area contributed by atoms with Gasteiger partial charge in [-0.05, 0) is 29.7 Å². The van der Waals surface area contributed by atoms with Gasteiger partial charge in [0.2, 0.25) is 11.8 Å². The molecule has 0 aromatic heterocycles. The molecule has 2 aromatic rings. The van der Waals surface area contributed by atoms with Crippen molar-refractivity contribution >= 4 is 11.8 Å². The van der Waals surface area contributed by atoms with Gasteiger partial charge in [0.25, 0.3) is 0 Å². The summed E-state index contributed by atoms with van der Waals surface area (Å²) < 4.78 is 38.5. The number of rotatable bonds is 6. The molecule has 1 atom stereocenters. The van der Waals surface area contributed by atoms with Crippen LogP contribution in [-0.2, 0) is 28.7 Å². The third-order valence-corrected chi connectivity index (χ3v) is 4.77. The number of amides is 2. The summed E-state index contributed by atoms with van der Waals surface area (Å²) in [5, 5.41) is 2.84. The lowest BCUT2D eigenvalue weighted by atomic mass is 10.1. The van der Waals surface area contributed by atoms with Crippen molar-refractivity contribution in [2.45, 2.75) is 25.6 Å². The van der Waals surface area contributed by atoms with Gasteiger partial charge in [-0.25, -0.2) is 0 Å². The third-order valence-electron chi connectivity index (χ3n) is 4.77. The zero-order valence-corrected chi connectivity index (χ0v) is 15.2. The molecule has 0 aliphatic carbocycles. The van der Waals surface area contributed by atoms with Gasteiger partial charge in [-0.1, -0.05) is 42.5 Å². The zero-order valence-electron chi connectivity index (χ0n) is 15.2. The first kappa shape index (κ1) is 19.9. The van der Waals surface area contributed by atoms with Crippen LogP contribution in [0.2, 0.25) is 0 Å². The number of hydrogen-bond acceptors (Lipinski definition) is 2. The quantitative estimate of drug-likeness (QED) is 0.822. The van der Waals surface area contributed by atoms with Crippen LogP contribution in [0.3, 0.4) is 0 Å². The number of nitrogens with zero attached hydrogens (tertiary/aromatic N) is 1. The Bertz CT molecular complexity index is 837. The first-order valence-electron chi connectivity index (χ1n) is 9.08. The molecule has 3 rings (SSSR count). The molecular formula is C21H21F3N2O2. The smallest absolute Gasteiger partial charge is 0.355 e. The van der Waals surface area contributed by atoms with Crippen molar-refractivity contribution < 1.29 is 22.8 Å². The molecule has 4 nitrogen and oxygen atoms in total. The van der Waals surface area contributed by atoms with Crippen molar-refractivity contribution in [2.24, 2.45) is 5.92 Å². The number of carbonyl (C=O) groups excluding carboxylic acids is 2. The van der Waals surface area contributed by atoms with E-state index in [1.54, 1.807) is 6.07 Å². The summed E-state index contributed by atoms with van der Waals surface area (Å²) in [6.45, 7) is 0.754. The minimum absolute atomic E-state index is 0.0660. The number of hydrogen-bond donors (Lipinski definition) is 1. The number of halogens is 3. The first-order valence-corrected chi connectivity index (χ1v) is 9.08. The summed E-state index contributed by atoms with van der Waals surface area (Å²) in [7, 11) is 0. The van der Waals surface area contributed by atoms with Crippen molar-refractivity contribution in [3.63, 3.8) is 0 Å². The summed E-state index contributed by atoms with van der Waals surface area (Å²) in [5.74, 6) is -0.898. The van der Waals surface area contributed by atoms with Crippen molar-refractivity contribution in [1.82, 2.24) is 10.2 Å². The molecule has 28 heavy (non-hydrogen) atoms. The fourth-order valence-corrected chi connectivity index (χ4v) is 3.29. The Morgan fingerprint density at radius 1 is 1.07 bits per heavy atom. The lowest BCUT2D eigenvalue weighted by molar-refractivity contribution is -0.137. The van der Waals surface area contributed by atoms with E-state index in [9.17, 15) is 22.8 Å². The highest BCUT2D eigenvalue weighted by Crippen LogP contribution is 2.30. The highest BCUT2D eigenvalue weighted by Gasteiger charge is 2.35. The zero-order chi connectivity index (χ0) is 20.1. The second kappa shape index (κ2) is 8.46. The molecule has 0 radical (unpaired) electrons. The van der Waals surface area contributed by atoms with Gasteiger partial charge in [-0.2, -0.15) is 13.2 Å². The molecule has 7 heteroatoms. The lowest BCUT2D eigenvalue weighted by Gasteiger charge is -2.17. The van der Waals surface area contributed by atoms with Gasteiger partial charge in [0.15, 0.2) is 0 Å². The summed E-state index contributed by atoms with van der Waals surface area (Å²) in [5.41, 5.74) is 0.761. The number of nitrogens with one attached hydrogen (secondary N) is 1. The van der Waals surface area contributed by atoms with E-state index in [1.165, 1.54) is 11.0 Å². The molecule has 1 N–H and O–H groups in total. The molecule has 0 unspecified atom stereocenters. The normalized spacial score (nSPS) is 17.0. The molecule has 2 aromatic carbocycles. The van der Waals surface area contributed by atoms with Gasteiger partial charge in [-0.15, -0.1) is 0 Å². The van der Waals surface area contributed by atoms with Crippen LogP contribution in [0.1, 0.15) is 23.1 Å². The minimum atomic E-state index is -4.42. The highest BCUT2D eigenvalue weighted by molar-refractivity contribution is 5.89. The Balaban J connectivity index is 1.52. The molecule has 1 heterocycles. The lowest BCUT2D eigenvalue weighted by Crippen LogP contribution is -2.34. The summed E-state index contributed by atoms with van der Waals surface area (Å²) >= 11 is 0. The molecule has 0 spiro atoms. The Labute approximate surface area is 161 Å². The van der Waals surface area contributed by atoms with Gasteiger partial charge in [-0.3, -0.25) is 9.59 Å². The molecule has 0 bridgehead atoms. The number of likely N-dealkylation sites (tertiary alicyclic amines) is 1. The molecule has 1 saturated heterocycles. The van der Waals surface area contributed by atoms with Crippen molar-refractivity contribution in [3.8, 4) is 0 Å². The monoisotopic (exact) mass is 390 g/mol. The Hall–Kier alpha value is -2.83. The fourth-order valence-electron chi connectivity index (χ4n) is 3.29. The standard InChI is InChI=1S/C21H21F3N2O2/c22-21(23,24)18-8-4-7-16(11-18)13-26-14-17(12-19(26)27)20(28)25-10-9-15-5-2-1-3-6-15/h1-8,11,17H,9-10,12-14H2,(H,25,28)/t17-/m0/s1. The van der Waals surface area contributed by atoms with E-state index in [4.69, 9.17) is 0 Å². The van der Waals surface area contributed by atoms with Gasteiger partial charge in [0.1, 0.15) is 0 Å². The third kappa shape index (κ3) is 5.12. The van der Waals surface area contributed by atoms with Crippen LogP contribution in [0.5, 0.6) is 0 Å². The van der Waals surface area contributed by atoms with E-state index < -0.39 is 17.7 Å². The van der Waals surface area contributed by atoms with Crippen LogP contribution in [0.25, 0.3) is 0 Å². The van der Waals surface area contributed by atoms with E-state index in [2.05, 4.69) is 5.32 Å². The van der Waals surface area contributed by atoms with E-state index in [1.807, 2.05) is 30.3 Å². The number of benzene rings is 2. The average Bonchev–Trinajstić information content (AvgIpc) is 3.03. The average molecular weight is 390 g/mol. The molecule has 0 saturated carbocycles. The highest BCUT2D eigenvalue weighted by atomic mass is 19.4. The van der Waals surface area contributed by atoms with E-state index in [0.29, 0.717) is 18.5 Å². The predicted molar refractivity (Wildman–Crippen MR) is 98.1 cm³/mol. The maximum atomic E-state index is 12.8. The van der Waals surface area contributed by atoms with E-state index >= 15 is 0 Å². The maximum Gasteiger partial charge on any atom is 0.416 e. The van der Waals surface area contributed by atoms with Gasteiger partial charge >= 0.3 is 6.18 Å². The number of carbonyl (C=O) groups is 2. The summed E-state index contributed by atoms with van der Waals surface area (Å²) in [4.78, 5) is 26.0. The van der Waals surface area contributed by atoms with Crippen LogP contribution in [-0.4, -0.2) is 29.8 Å². The van der Waals surface area contributed by atoms with Crippen LogP contribution >= 0.6 is 0 Å². The topological polar surface area (TPSA) is 49.4 Å². The Morgan fingerprint density at radius 3 is 2.50 bits per heavy atom. The molecule has 148 valence electrons. The molecule has 2 amide bonds. The maximum absolute atomic E-state index is 12.8. The molecular weight excluding hydrogens is 369 g/mol. The van der Waals surface area contributed by atoms with Gasteiger partial charge in [0.05, 0.1) is 11.5 Å². The largest absolute Gasteiger partial charge is 0.416 e. The first-order chi connectivity index (χ1) is 13.3. The van der Waals surface area contributed by atoms with Crippen molar-refractivity contribution in [2.75, 3.05) is 13.1 Å². The van der Waals surface area contributed by atoms with E-state index in [0.717, 1.165) is 17.7 Å². The van der Waals surface area contributed by atoms with Crippen LogP contribution in [0.4, 0.5) is 13.2 Å². The number of alkyl halides is 3. The van der Waals surface area contributed by atoms with Gasteiger partial charge < -0.3 is 10.2 Å². The predicted octanol–water partition coefficient (Wildman–Crippen LogP) is 3.41. The SMILES string of the molecule is O=C(NCCc1ccccc1)[C@H]1CC(=O)N(Cc2cccc(C(F)(F)F)c2)C1. The second-order valence-electron chi connectivity index (χ2n) is 6.90. The Kier molecular flexibility index (Phi) is 6.02. The van der Waals surface area contributed by atoms with Crippen LogP contribution in [0, 0.1) is 5.92 Å². The Morgan fingerprint density at radius 2 is 1.79 bits per heavy atom. The summed E-state index contributed by atoms with van der Waals surface area (Å²) in [6.07, 6.45) is -3.65. The second-order valence-corrected chi connectivity index (χ2v) is 6.90.